The van der Waals surface area contributed by atoms with Crippen LogP contribution in [0, 0.1) is 0 Å². The largest absolute Gasteiger partial charge is 0.345 e. The molecule has 1 saturated heterocycles. The average Bonchev–Trinajstić information content (AvgIpc) is 1.86. The summed E-state index contributed by atoms with van der Waals surface area (Å²) < 4.78 is 0. The highest BCUT2D eigenvalue weighted by Crippen LogP contribution is 1.55. The van der Waals surface area contributed by atoms with Gasteiger partial charge in [-0.3, -0.25) is 10.9 Å². The van der Waals surface area contributed by atoms with Crippen LogP contribution >= 0.6 is 0 Å². The monoisotopic (exact) mass is 88.0 g/mol. The number of carbonyl (C=O) groups is 1. The Kier molecular flexibility index (Phi) is 0.627. The average molecular weight is 88.1 g/mol. The van der Waals surface area contributed by atoms with Crippen molar-refractivity contribution in [2.24, 2.45) is 0 Å². The predicted octanol–water partition coefficient (Wildman–Crippen LogP) is -1.78. The first-order valence-electron chi connectivity index (χ1n) is 1.45. The highest BCUT2D eigenvalue weighted by molar-refractivity contribution is 5.73. The van der Waals surface area contributed by atoms with E-state index in [0.717, 1.165) is 0 Å². The molecule has 0 aromatic heterocycles. The van der Waals surface area contributed by atoms with Crippen LogP contribution in [0.5, 0.6) is 0 Å². The first-order chi connectivity index (χ1) is 2.89. The molecule has 1 rings (SSSR count). The fraction of sp³-hybridized carbons (Fsp3) is 0. The Labute approximate surface area is 34.0 Å². The molecular formula is CH4N4O. The number of rotatable bonds is 0. The van der Waals surface area contributed by atoms with Crippen LogP contribution in [0.2, 0.25) is 0 Å². The maximum atomic E-state index is 9.90. The molecular weight excluding hydrogens is 84.0 g/mol. The van der Waals surface area contributed by atoms with E-state index in [1.807, 2.05) is 0 Å². The van der Waals surface area contributed by atoms with Crippen molar-refractivity contribution in [2.75, 3.05) is 0 Å². The van der Waals surface area contributed by atoms with Gasteiger partial charge in [-0.1, -0.05) is 0 Å². The zero-order valence-electron chi connectivity index (χ0n) is 2.91. The Balaban J connectivity index is 2.37. The zero-order chi connectivity index (χ0) is 4.41. The Morgan fingerprint density at radius 3 is 1.83 bits per heavy atom. The molecule has 0 saturated carbocycles. The van der Waals surface area contributed by atoms with E-state index in [0.29, 0.717) is 0 Å². The molecule has 0 atom stereocenters. The number of nitrogens with one attached hydrogen (secondary N) is 4. The van der Waals surface area contributed by atoms with Gasteiger partial charge in [0, 0.05) is 0 Å². The normalized spacial score (nSPS) is 19.7. The van der Waals surface area contributed by atoms with Crippen LogP contribution in [0.4, 0.5) is 4.79 Å². The van der Waals surface area contributed by atoms with Crippen LogP contribution in [0.3, 0.4) is 0 Å². The van der Waals surface area contributed by atoms with Crippen molar-refractivity contribution in [1.82, 2.24) is 21.9 Å². The first kappa shape index (κ1) is 3.38. The van der Waals surface area contributed by atoms with Crippen molar-refractivity contribution in [2.45, 2.75) is 0 Å². The predicted molar refractivity (Wildman–Crippen MR) is 17.9 cm³/mol. The molecule has 0 aliphatic carbocycles. The minimum Gasteiger partial charge on any atom is -0.257 e. The highest BCUT2D eigenvalue weighted by Gasteiger charge is 2.01. The zero-order valence-corrected chi connectivity index (χ0v) is 2.91. The standard InChI is InChI=1S/CH4N4O/c6-1-2-4-5-3-1/h4-5H,(H2,2,3,6). The molecule has 1 aliphatic rings. The van der Waals surface area contributed by atoms with E-state index in [9.17, 15) is 4.79 Å². The van der Waals surface area contributed by atoms with Gasteiger partial charge < -0.3 is 0 Å². The molecule has 2 amide bonds. The first-order valence-corrected chi connectivity index (χ1v) is 1.45. The summed E-state index contributed by atoms with van der Waals surface area (Å²) in [7, 11) is 0. The second-order valence-electron chi connectivity index (χ2n) is 0.829. The lowest BCUT2D eigenvalue weighted by Crippen LogP contribution is -2.33. The van der Waals surface area contributed by atoms with Gasteiger partial charge in [-0.05, 0) is 0 Å². The van der Waals surface area contributed by atoms with Gasteiger partial charge in [0.05, 0.1) is 0 Å². The van der Waals surface area contributed by atoms with E-state index in [4.69, 9.17) is 0 Å². The van der Waals surface area contributed by atoms with Gasteiger partial charge in [-0.15, -0.1) is 0 Å². The van der Waals surface area contributed by atoms with Gasteiger partial charge in [-0.25, -0.2) is 4.79 Å². The fourth-order valence-electron chi connectivity index (χ4n) is 0.207. The van der Waals surface area contributed by atoms with Crippen molar-refractivity contribution in [1.29, 1.82) is 0 Å². The number of carbonyl (C=O) groups excluding carboxylic acids is 1. The van der Waals surface area contributed by atoms with E-state index in [-0.39, 0.29) is 6.03 Å². The molecule has 6 heavy (non-hydrogen) atoms. The number of amides is 2. The Hall–Kier alpha value is -0.810. The molecule has 5 heteroatoms. The van der Waals surface area contributed by atoms with E-state index < -0.39 is 0 Å². The number of urea groups is 1. The van der Waals surface area contributed by atoms with Crippen LogP contribution < -0.4 is 21.9 Å². The summed E-state index contributed by atoms with van der Waals surface area (Å²) in [6.45, 7) is 0. The molecule has 0 bridgehead atoms. The summed E-state index contributed by atoms with van der Waals surface area (Å²) in [6.07, 6.45) is 0. The van der Waals surface area contributed by atoms with Crippen molar-refractivity contribution >= 4 is 6.03 Å². The molecule has 1 aliphatic heterocycles. The Morgan fingerprint density at radius 1 is 1.17 bits per heavy atom. The topological polar surface area (TPSA) is 65.2 Å². The van der Waals surface area contributed by atoms with Gasteiger partial charge in [0.25, 0.3) is 0 Å². The third-order valence-corrected chi connectivity index (χ3v) is 0.415. The number of hydrogen-bond donors (Lipinski definition) is 4. The molecule has 0 unspecified atom stereocenters. The van der Waals surface area contributed by atoms with Crippen LogP contribution in [-0.2, 0) is 0 Å². The third kappa shape index (κ3) is 0.399. The van der Waals surface area contributed by atoms with Crippen molar-refractivity contribution in [3.63, 3.8) is 0 Å². The van der Waals surface area contributed by atoms with E-state index in [2.05, 4.69) is 21.9 Å². The Morgan fingerprint density at radius 2 is 1.67 bits per heavy atom. The molecule has 4 N–H and O–H groups in total. The molecule has 0 radical (unpaired) electrons. The lowest BCUT2D eigenvalue weighted by molar-refractivity contribution is 0.246. The van der Waals surface area contributed by atoms with Crippen LogP contribution in [-0.4, -0.2) is 6.03 Å². The SMILES string of the molecule is O=C1NNNN1. The second kappa shape index (κ2) is 1.11. The van der Waals surface area contributed by atoms with Crippen molar-refractivity contribution in [3.8, 4) is 0 Å². The molecule has 0 aromatic carbocycles. The quantitative estimate of drug-likeness (QED) is 0.283. The lowest BCUT2D eigenvalue weighted by atomic mass is 11.1. The maximum Gasteiger partial charge on any atom is 0.345 e. The smallest absolute Gasteiger partial charge is 0.257 e. The number of hydrazine groups is 3. The van der Waals surface area contributed by atoms with Crippen LogP contribution in [0.25, 0.3) is 0 Å². The summed E-state index contributed by atoms with van der Waals surface area (Å²) in [5.41, 5.74) is 9.04. The van der Waals surface area contributed by atoms with Crippen molar-refractivity contribution in [3.05, 3.63) is 0 Å². The minimum absolute atomic E-state index is 0.269. The minimum atomic E-state index is -0.269. The molecule has 5 nitrogen and oxygen atoms in total. The van der Waals surface area contributed by atoms with E-state index >= 15 is 0 Å². The van der Waals surface area contributed by atoms with Gasteiger partial charge in [0.2, 0.25) is 0 Å². The van der Waals surface area contributed by atoms with Gasteiger partial charge in [-0.2, -0.15) is 11.1 Å². The van der Waals surface area contributed by atoms with E-state index in [1.54, 1.807) is 0 Å². The summed E-state index contributed by atoms with van der Waals surface area (Å²) in [6, 6.07) is -0.269. The maximum absolute atomic E-state index is 9.90. The highest BCUT2D eigenvalue weighted by atomic mass is 16.2. The summed E-state index contributed by atoms with van der Waals surface area (Å²) in [5.74, 6) is 0. The summed E-state index contributed by atoms with van der Waals surface area (Å²) in [5, 5.41) is 0. The Bertz CT molecular complexity index is 61.9. The van der Waals surface area contributed by atoms with Gasteiger partial charge in [0.15, 0.2) is 0 Å². The molecule has 0 spiro atoms. The van der Waals surface area contributed by atoms with Crippen LogP contribution in [0.1, 0.15) is 0 Å². The van der Waals surface area contributed by atoms with Crippen molar-refractivity contribution < 1.29 is 4.79 Å². The second-order valence-corrected chi connectivity index (χ2v) is 0.829. The molecule has 0 aromatic rings. The van der Waals surface area contributed by atoms with E-state index in [1.165, 1.54) is 0 Å². The van der Waals surface area contributed by atoms with Gasteiger partial charge in [0.1, 0.15) is 0 Å². The molecule has 1 fully saturated rings. The fourth-order valence-corrected chi connectivity index (χ4v) is 0.207. The third-order valence-electron chi connectivity index (χ3n) is 0.415. The number of hydrogen-bond acceptors (Lipinski definition) is 3. The van der Waals surface area contributed by atoms with Crippen LogP contribution in [0.15, 0.2) is 0 Å². The van der Waals surface area contributed by atoms with Gasteiger partial charge >= 0.3 is 6.03 Å². The molecule has 1 heterocycles. The summed E-state index contributed by atoms with van der Waals surface area (Å²) >= 11 is 0. The summed E-state index contributed by atoms with van der Waals surface area (Å²) in [4.78, 5) is 9.90. The molecule has 34 valence electrons. The lowest BCUT2D eigenvalue weighted by Gasteiger charge is -1.80.